The number of methoxy groups -OCH3 is 2. The highest BCUT2D eigenvalue weighted by atomic mass is 16.5. The molecule has 0 aliphatic rings. The average Bonchev–Trinajstić information content (AvgIpc) is 2.56. The molecule has 4 heteroatoms. The van der Waals surface area contributed by atoms with Crippen LogP contribution in [0.2, 0.25) is 0 Å². The molecule has 1 aromatic heterocycles. The van der Waals surface area contributed by atoms with E-state index in [0.717, 1.165) is 17.1 Å². The molecule has 1 aromatic carbocycles. The van der Waals surface area contributed by atoms with Crippen LogP contribution in [0.3, 0.4) is 0 Å². The van der Waals surface area contributed by atoms with Gasteiger partial charge in [0, 0.05) is 36.0 Å². The third kappa shape index (κ3) is 3.34. The van der Waals surface area contributed by atoms with Crippen molar-refractivity contribution in [3.63, 3.8) is 0 Å². The molecule has 2 aromatic rings. The van der Waals surface area contributed by atoms with E-state index >= 15 is 0 Å². The Morgan fingerprint density at radius 2 is 1.76 bits per heavy atom. The minimum atomic E-state index is 0.147. The third-order valence-electron chi connectivity index (χ3n) is 3.82. The van der Waals surface area contributed by atoms with Crippen molar-refractivity contribution in [3.05, 3.63) is 53.9 Å². The zero-order valence-electron chi connectivity index (χ0n) is 13.0. The maximum absolute atomic E-state index is 5.52. The number of hydrogen-bond acceptors (Lipinski definition) is 4. The summed E-state index contributed by atoms with van der Waals surface area (Å²) < 4.78 is 10.8. The van der Waals surface area contributed by atoms with Gasteiger partial charge in [-0.05, 0) is 30.8 Å². The second-order valence-electron chi connectivity index (χ2n) is 4.94. The molecular weight excluding hydrogens is 264 g/mol. The molecule has 1 N–H and O–H groups in total. The number of aromatic nitrogens is 1. The van der Waals surface area contributed by atoms with Crippen LogP contribution in [0.15, 0.2) is 42.7 Å². The van der Waals surface area contributed by atoms with E-state index in [4.69, 9.17) is 9.47 Å². The summed E-state index contributed by atoms with van der Waals surface area (Å²) in [6.07, 6.45) is 3.65. The van der Waals surface area contributed by atoms with Crippen molar-refractivity contribution in [2.75, 3.05) is 21.3 Å². The molecule has 2 unspecified atom stereocenters. The Morgan fingerprint density at radius 1 is 1.05 bits per heavy atom. The van der Waals surface area contributed by atoms with Crippen LogP contribution in [0.25, 0.3) is 0 Å². The smallest absolute Gasteiger partial charge is 0.127 e. The van der Waals surface area contributed by atoms with Gasteiger partial charge in [0.25, 0.3) is 0 Å². The molecule has 0 saturated carbocycles. The summed E-state index contributed by atoms with van der Waals surface area (Å²) in [6.45, 7) is 2.19. The molecule has 112 valence electrons. The Labute approximate surface area is 126 Å². The van der Waals surface area contributed by atoms with Gasteiger partial charge in [0.05, 0.1) is 14.2 Å². The maximum atomic E-state index is 5.52. The number of hydrogen-bond donors (Lipinski definition) is 1. The Kier molecular flexibility index (Phi) is 5.17. The summed E-state index contributed by atoms with van der Waals surface area (Å²) in [7, 11) is 5.30. The van der Waals surface area contributed by atoms with Crippen LogP contribution >= 0.6 is 0 Å². The lowest BCUT2D eigenvalue weighted by Crippen LogP contribution is -2.23. The summed E-state index contributed by atoms with van der Waals surface area (Å²) in [5, 5.41) is 3.39. The number of pyridine rings is 1. The van der Waals surface area contributed by atoms with Crippen molar-refractivity contribution in [2.45, 2.75) is 18.9 Å². The minimum Gasteiger partial charge on any atom is -0.497 e. The Balaban J connectivity index is 2.37. The first kappa shape index (κ1) is 15.3. The van der Waals surface area contributed by atoms with Crippen LogP contribution in [-0.4, -0.2) is 26.3 Å². The molecule has 0 fully saturated rings. The van der Waals surface area contributed by atoms with Gasteiger partial charge in [0.2, 0.25) is 0 Å². The summed E-state index contributed by atoms with van der Waals surface area (Å²) >= 11 is 0. The highest BCUT2D eigenvalue weighted by Crippen LogP contribution is 2.36. The second-order valence-corrected chi connectivity index (χ2v) is 4.94. The molecule has 0 amide bonds. The van der Waals surface area contributed by atoms with E-state index < -0.39 is 0 Å². The molecule has 0 aliphatic carbocycles. The van der Waals surface area contributed by atoms with Gasteiger partial charge in [-0.3, -0.25) is 4.98 Å². The van der Waals surface area contributed by atoms with Gasteiger partial charge in [-0.15, -0.1) is 0 Å². The van der Waals surface area contributed by atoms with Gasteiger partial charge < -0.3 is 14.8 Å². The van der Waals surface area contributed by atoms with Crippen molar-refractivity contribution in [2.24, 2.45) is 0 Å². The number of rotatable bonds is 6. The quantitative estimate of drug-likeness (QED) is 0.886. The van der Waals surface area contributed by atoms with Gasteiger partial charge in [0.15, 0.2) is 0 Å². The Morgan fingerprint density at radius 3 is 2.33 bits per heavy atom. The number of nitrogens with zero attached hydrogens (tertiary/aromatic N) is 1. The summed E-state index contributed by atoms with van der Waals surface area (Å²) in [5.74, 6) is 1.91. The molecular formula is C17H22N2O2. The lowest BCUT2D eigenvalue weighted by Gasteiger charge is -2.26. The Bertz CT molecular complexity index is 572. The van der Waals surface area contributed by atoms with Gasteiger partial charge in [0.1, 0.15) is 11.5 Å². The Hall–Kier alpha value is -2.07. The fourth-order valence-corrected chi connectivity index (χ4v) is 2.61. The van der Waals surface area contributed by atoms with Crippen LogP contribution in [0.4, 0.5) is 0 Å². The molecule has 1 heterocycles. The lowest BCUT2D eigenvalue weighted by atomic mass is 9.88. The van der Waals surface area contributed by atoms with E-state index in [1.54, 1.807) is 14.2 Å². The molecule has 4 nitrogen and oxygen atoms in total. The number of benzene rings is 1. The largest absolute Gasteiger partial charge is 0.497 e. The molecule has 0 bridgehead atoms. The molecule has 2 rings (SSSR count). The van der Waals surface area contributed by atoms with Crippen LogP contribution in [0.5, 0.6) is 11.5 Å². The first-order valence-electron chi connectivity index (χ1n) is 7.00. The monoisotopic (exact) mass is 286 g/mol. The number of likely N-dealkylation sites (N-methyl/N-ethyl adjacent to an activating group) is 1. The first-order chi connectivity index (χ1) is 10.2. The summed E-state index contributed by atoms with van der Waals surface area (Å²) in [4.78, 5) is 4.08. The molecule has 2 atom stereocenters. The number of nitrogens with one attached hydrogen (secondary N) is 1. The topological polar surface area (TPSA) is 43.4 Å². The van der Waals surface area contributed by atoms with Crippen molar-refractivity contribution in [1.82, 2.24) is 10.3 Å². The van der Waals surface area contributed by atoms with E-state index in [1.807, 2.05) is 43.7 Å². The zero-order chi connectivity index (χ0) is 15.2. The van der Waals surface area contributed by atoms with E-state index in [9.17, 15) is 0 Å². The van der Waals surface area contributed by atoms with Gasteiger partial charge in [-0.1, -0.05) is 13.0 Å². The minimum absolute atomic E-state index is 0.147. The number of ether oxygens (including phenoxy) is 2. The fraction of sp³-hybridized carbons (Fsp3) is 0.353. The molecule has 0 saturated heterocycles. The van der Waals surface area contributed by atoms with E-state index in [1.165, 1.54) is 5.56 Å². The summed E-state index contributed by atoms with van der Waals surface area (Å²) in [5.41, 5.74) is 2.35. The van der Waals surface area contributed by atoms with Crippen LogP contribution in [0.1, 0.15) is 30.0 Å². The van der Waals surface area contributed by atoms with Crippen molar-refractivity contribution < 1.29 is 9.47 Å². The van der Waals surface area contributed by atoms with Gasteiger partial charge in [-0.25, -0.2) is 0 Å². The average molecular weight is 286 g/mol. The highest BCUT2D eigenvalue weighted by molar-refractivity contribution is 5.44. The van der Waals surface area contributed by atoms with E-state index in [-0.39, 0.29) is 6.04 Å². The summed E-state index contributed by atoms with van der Waals surface area (Å²) in [6, 6.07) is 10.2. The maximum Gasteiger partial charge on any atom is 0.127 e. The van der Waals surface area contributed by atoms with Crippen LogP contribution in [-0.2, 0) is 0 Å². The second kappa shape index (κ2) is 7.09. The lowest BCUT2D eigenvalue weighted by molar-refractivity contribution is 0.381. The van der Waals surface area contributed by atoms with Crippen molar-refractivity contribution >= 4 is 0 Å². The standard InChI is InChI=1S/C17H22N2O2/c1-12(13-7-9-19-10-8-13)17(18-2)15-6-5-14(20-3)11-16(15)21-4/h5-12,17-18H,1-4H3. The van der Waals surface area contributed by atoms with Crippen molar-refractivity contribution in [3.8, 4) is 11.5 Å². The van der Waals surface area contributed by atoms with E-state index in [2.05, 4.69) is 23.3 Å². The predicted molar refractivity (Wildman–Crippen MR) is 84.0 cm³/mol. The van der Waals surface area contributed by atoms with E-state index in [0.29, 0.717) is 5.92 Å². The normalized spacial score (nSPS) is 13.5. The molecule has 0 aliphatic heterocycles. The van der Waals surface area contributed by atoms with Crippen molar-refractivity contribution in [1.29, 1.82) is 0 Å². The fourth-order valence-electron chi connectivity index (χ4n) is 2.61. The SMILES string of the molecule is CNC(c1ccc(OC)cc1OC)C(C)c1ccncc1. The van der Waals surface area contributed by atoms with Gasteiger partial charge in [-0.2, -0.15) is 0 Å². The van der Waals surface area contributed by atoms with Crippen LogP contribution < -0.4 is 14.8 Å². The first-order valence-corrected chi connectivity index (χ1v) is 7.00. The molecule has 21 heavy (non-hydrogen) atoms. The molecule has 0 spiro atoms. The highest BCUT2D eigenvalue weighted by Gasteiger charge is 2.22. The zero-order valence-corrected chi connectivity index (χ0v) is 13.0. The predicted octanol–water partition coefficient (Wildman–Crippen LogP) is 3.16. The third-order valence-corrected chi connectivity index (χ3v) is 3.82. The van der Waals surface area contributed by atoms with Gasteiger partial charge >= 0.3 is 0 Å². The molecule has 0 radical (unpaired) electrons. The van der Waals surface area contributed by atoms with Crippen LogP contribution in [0, 0.1) is 0 Å².